The molecule has 0 aliphatic heterocycles. The van der Waals surface area contributed by atoms with E-state index >= 15 is 0 Å². The standard InChI is InChI=1S/C29H22F4N2O4/c1-38-24-15-18(13-14-23(24)39-16-17-7-3-2-4-8-17)27(34-28(36)25-19(30)9-5-10-20(25)31)35-29(37)26-21(32)11-6-12-22(26)33/h2-15,27H,16H2,1H3,(H,34,36)(H,35,37). The fourth-order valence-electron chi connectivity index (χ4n) is 3.76. The minimum Gasteiger partial charge on any atom is -0.493 e. The quantitative estimate of drug-likeness (QED) is 0.212. The number of benzene rings is 4. The predicted octanol–water partition coefficient (Wildman–Crippen LogP) is 5.69. The van der Waals surface area contributed by atoms with E-state index in [1.807, 2.05) is 30.3 Å². The Hall–Kier alpha value is -4.86. The lowest BCUT2D eigenvalue weighted by Gasteiger charge is -2.22. The number of carbonyl (C=O) groups excluding carboxylic acids is 2. The Labute approximate surface area is 221 Å². The van der Waals surface area contributed by atoms with Gasteiger partial charge in [0, 0.05) is 0 Å². The van der Waals surface area contributed by atoms with Gasteiger partial charge in [0.05, 0.1) is 7.11 Å². The molecule has 0 radical (unpaired) electrons. The molecule has 0 aliphatic carbocycles. The van der Waals surface area contributed by atoms with Crippen LogP contribution in [0.15, 0.2) is 84.9 Å². The summed E-state index contributed by atoms with van der Waals surface area (Å²) in [5, 5.41) is 4.61. The Bertz CT molecular complexity index is 1390. The van der Waals surface area contributed by atoms with Gasteiger partial charge in [-0.1, -0.05) is 48.5 Å². The third-order valence-electron chi connectivity index (χ3n) is 5.69. The molecule has 6 nitrogen and oxygen atoms in total. The topological polar surface area (TPSA) is 76.7 Å². The first-order valence-corrected chi connectivity index (χ1v) is 11.6. The van der Waals surface area contributed by atoms with Crippen molar-refractivity contribution in [3.8, 4) is 11.5 Å². The molecule has 2 N–H and O–H groups in total. The minimum atomic E-state index is -1.49. The predicted molar refractivity (Wildman–Crippen MR) is 134 cm³/mol. The van der Waals surface area contributed by atoms with Crippen molar-refractivity contribution in [2.24, 2.45) is 0 Å². The first-order chi connectivity index (χ1) is 18.8. The van der Waals surface area contributed by atoms with Crippen LogP contribution in [0.25, 0.3) is 0 Å². The zero-order valence-electron chi connectivity index (χ0n) is 20.5. The van der Waals surface area contributed by atoms with Crippen molar-refractivity contribution in [2.75, 3.05) is 7.11 Å². The molecule has 0 bridgehead atoms. The summed E-state index contributed by atoms with van der Waals surface area (Å²) in [4.78, 5) is 25.7. The van der Waals surface area contributed by atoms with Gasteiger partial charge in [-0.15, -0.1) is 0 Å². The van der Waals surface area contributed by atoms with Crippen molar-refractivity contribution in [2.45, 2.75) is 12.8 Å². The van der Waals surface area contributed by atoms with E-state index in [4.69, 9.17) is 9.47 Å². The molecule has 0 aliphatic rings. The van der Waals surface area contributed by atoms with Crippen molar-refractivity contribution in [1.82, 2.24) is 10.6 Å². The van der Waals surface area contributed by atoms with Crippen LogP contribution >= 0.6 is 0 Å². The van der Waals surface area contributed by atoms with Crippen molar-refractivity contribution >= 4 is 11.8 Å². The van der Waals surface area contributed by atoms with Crippen LogP contribution in [-0.2, 0) is 6.61 Å². The highest BCUT2D eigenvalue weighted by Crippen LogP contribution is 2.31. The molecule has 10 heteroatoms. The molecule has 4 aromatic rings. The van der Waals surface area contributed by atoms with Gasteiger partial charge in [0.25, 0.3) is 11.8 Å². The van der Waals surface area contributed by atoms with Gasteiger partial charge in [-0.3, -0.25) is 9.59 Å². The summed E-state index contributed by atoms with van der Waals surface area (Å²) < 4.78 is 68.2. The number of methoxy groups -OCH3 is 1. The second-order valence-electron chi connectivity index (χ2n) is 8.26. The van der Waals surface area contributed by atoms with E-state index in [2.05, 4.69) is 10.6 Å². The van der Waals surface area contributed by atoms with Gasteiger partial charge >= 0.3 is 0 Å². The van der Waals surface area contributed by atoms with Gasteiger partial charge in [-0.2, -0.15) is 0 Å². The van der Waals surface area contributed by atoms with E-state index in [0.717, 1.165) is 42.0 Å². The Kier molecular flexibility index (Phi) is 8.45. The second-order valence-corrected chi connectivity index (χ2v) is 8.26. The zero-order valence-corrected chi connectivity index (χ0v) is 20.5. The molecule has 2 amide bonds. The fraction of sp³-hybridized carbons (Fsp3) is 0.103. The van der Waals surface area contributed by atoms with E-state index in [0.29, 0.717) is 5.75 Å². The number of rotatable bonds is 9. The van der Waals surface area contributed by atoms with Gasteiger partial charge in [0.1, 0.15) is 47.2 Å². The van der Waals surface area contributed by atoms with E-state index in [1.165, 1.54) is 25.3 Å². The number of amides is 2. The minimum absolute atomic E-state index is 0.161. The van der Waals surface area contributed by atoms with Gasteiger partial charge in [-0.25, -0.2) is 17.6 Å². The summed E-state index contributed by atoms with van der Waals surface area (Å²) >= 11 is 0. The van der Waals surface area contributed by atoms with Crippen LogP contribution in [0.4, 0.5) is 17.6 Å². The molecule has 200 valence electrons. The van der Waals surface area contributed by atoms with E-state index < -0.39 is 52.4 Å². The molecule has 0 fully saturated rings. The van der Waals surface area contributed by atoms with Gasteiger partial charge in [0.2, 0.25) is 0 Å². The first-order valence-electron chi connectivity index (χ1n) is 11.6. The fourth-order valence-corrected chi connectivity index (χ4v) is 3.76. The summed E-state index contributed by atoms with van der Waals surface area (Å²) in [6.45, 7) is 0.215. The maximum Gasteiger partial charge on any atom is 0.259 e. The highest BCUT2D eigenvalue weighted by Gasteiger charge is 2.26. The van der Waals surface area contributed by atoms with Gasteiger partial charge in [-0.05, 0) is 47.5 Å². The lowest BCUT2D eigenvalue weighted by molar-refractivity contribution is 0.0875. The lowest BCUT2D eigenvalue weighted by Crippen LogP contribution is -2.42. The molecule has 0 heterocycles. The third kappa shape index (κ3) is 6.35. The molecular formula is C29H22F4N2O4. The molecular weight excluding hydrogens is 516 g/mol. The molecule has 4 aromatic carbocycles. The lowest BCUT2D eigenvalue weighted by atomic mass is 10.1. The SMILES string of the molecule is COc1cc(C(NC(=O)c2c(F)cccc2F)NC(=O)c2c(F)cccc2F)ccc1OCc1ccccc1. The van der Waals surface area contributed by atoms with Crippen LogP contribution in [0.2, 0.25) is 0 Å². The maximum absolute atomic E-state index is 14.3. The summed E-state index contributed by atoms with van der Waals surface area (Å²) in [6.07, 6.45) is -1.49. The molecule has 4 rings (SSSR count). The Balaban J connectivity index is 1.66. The van der Waals surface area contributed by atoms with Crippen LogP contribution in [0, 0.1) is 23.3 Å². The smallest absolute Gasteiger partial charge is 0.259 e. The summed E-state index contributed by atoms with van der Waals surface area (Å²) in [7, 11) is 1.37. The summed E-state index contributed by atoms with van der Waals surface area (Å²) in [5.74, 6) is -6.46. The number of hydrogen-bond donors (Lipinski definition) is 2. The average Bonchev–Trinajstić information content (AvgIpc) is 2.92. The third-order valence-corrected chi connectivity index (χ3v) is 5.69. The van der Waals surface area contributed by atoms with Gasteiger partial charge < -0.3 is 20.1 Å². The van der Waals surface area contributed by atoms with E-state index in [1.54, 1.807) is 0 Å². The van der Waals surface area contributed by atoms with Crippen LogP contribution < -0.4 is 20.1 Å². The Morgan fingerprint density at radius 2 is 1.21 bits per heavy atom. The van der Waals surface area contributed by atoms with Crippen LogP contribution in [0.1, 0.15) is 38.0 Å². The van der Waals surface area contributed by atoms with Gasteiger partial charge in [0.15, 0.2) is 11.5 Å². The van der Waals surface area contributed by atoms with Crippen molar-refractivity contribution in [3.05, 3.63) is 130 Å². The maximum atomic E-state index is 14.3. The highest BCUT2D eigenvalue weighted by atomic mass is 19.1. The molecule has 0 saturated carbocycles. The molecule has 0 spiro atoms. The molecule has 0 saturated heterocycles. The van der Waals surface area contributed by atoms with Crippen LogP contribution in [0.3, 0.4) is 0 Å². The summed E-state index contributed by atoms with van der Waals surface area (Å²) in [5.41, 5.74) is -0.749. The molecule has 39 heavy (non-hydrogen) atoms. The summed E-state index contributed by atoms with van der Waals surface area (Å²) in [6, 6.07) is 19.4. The van der Waals surface area contributed by atoms with Crippen LogP contribution in [-0.4, -0.2) is 18.9 Å². The molecule has 0 atom stereocenters. The number of carbonyl (C=O) groups is 2. The number of hydrogen-bond acceptors (Lipinski definition) is 4. The van der Waals surface area contributed by atoms with Crippen molar-refractivity contribution in [1.29, 1.82) is 0 Å². The number of ether oxygens (including phenoxy) is 2. The number of halogens is 4. The Morgan fingerprint density at radius 3 is 1.69 bits per heavy atom. The average molecular weight is 538 g/mol. The zero-order chi connectivity index (χ0) is 27.9. The normalized spacial score (nSPS) is 10.7. The van der Waals surface area contributed by atoms with Crippen molar-refractivity contribution < 1.29 is 36.6 Å². The molecule has 0 unspecified atom stereocenters. The van der Waals surface area contributed by atoms with Crippen LogP contribution in [0.5, 0.6) is 11.5 Å². The van der Waals surface area contributed by atoms with Crippen molar-refractivity contribution in [3.63, 3.8) is 0 Å². The second kappa shape index (κ2) is 12.1. The monoisotopic (exact) mass is 538 g/mol. The first kappa shape index (κ1) is 27.2. The van der Waals surface area contributed by atoms with E-state index in [-0.39, 0.29) is 17.9 Å². The van der Waals surface area contributed by atoms with E-state index in [9.17, 15) is 27.2 Å². The highest BCUT2D eigenvalue weighted by molar-refractivity contribution is 5.97. The molecule has 0 aromatic heterocycles. The Morgan fingerprint density at radius 1 is 0.692 bits per heavy atom. The number of nitrogens with one attached hydrogen (secondary N) is 2. The largest absolute Gasteiger partial charge is 0.493 e.